The van der Waals surface area contributed by atoms with Crippen LogP contribution in [0.4, 0.5) is 0 Å². The van der Waals surface area contributed by atoms with Crippen LogP contribution >= 0.6 is 11.8 Å². The second kappa shape index (κ2) is 6.04. The molecular weight excluding hydrogens is 128 g/mol. The largest absolute Gasteiger partial charge is 0.162 e. The summed E-state index contributed by atoms with van der Waals surface area (Å²) >= 11 is 1.96. The van der Waals surface area contributed by atoms with Gasteiger partial charge in [0.05, 0.1) is 0 Å². The van der Waals surface area contributed by atoms with Gasteiger partial charge >= 0.3 is 0 Å². The minimum absolute atomic E-state index is 0.462. The Balaban J connectivity index is 2.99. The second-order valence-electron chi connectivity index (χ2n) is 2.05. The average molecular weight is 142 g/mol. The van der Waals surface area contributed by atoms with E-state index >= 15 is 0 Å². The van der Waals surface area contributed by atoms with Gasteiger partial charge in [0.25, 0.3) is 0 Å². The molecule has 1 atom stereocenters. The van der Waals surface area contributed by atoms with Gasteiger partial charge < -0.3 is 0 Å². The van der Waals surface area contributed by atoms with Crippen LogP contribution in [-0.4, -0.2) is 11.5 Å². The van der Waals surface area contributed by atoms with E-state index in [1.165, 1.54) is 11.5 Å². The minimum Gasteiger partial charge on any atom is -0.162 e. The smallest absolute Gasteiger partial charge is 0.0179 e. The zero-order chi connectivity index (χ0) is 7.11. The molecule has 0 aliphatic heterocycles. The van der Waals surface area contributed by atoms with Crippen molar-refractivity contribution < 1.29 is 0 Å². The predicted octanol–water partition coefficient (Wildman–Crippen LogP) is 2.40. The Morgan fingerprint density at radius 1 is 1.67 bits per heavy atom. The lowest BCUT2D eigenvalue weighted by atomic mass is 10.1. The van der Waals surface area contributed by atoms with E-state index in [-0.39, 0.29) is 0 Å². The summed E-state index contributed by atoms with van der Waals surface area (Å²) in [5.41, 5.74) is 0. The highest BCUT2D eigenvalue weighted by Gasteiger charge is 1.94. The van der Waals surface area contributed by atoms with Crippen molar-refractivity contribution in [3.8, 4) is 12.3 Å². The third kappa shape index (κ3) is 5.79. The third-order valence-electron chi connectivity index (χ3n) is 1.18. The van der Waals surface area contributed by atoms with Gasteiger partial charge in [-0.25, -0.2) is 0 Å². The topological polar surface area (TPSA) is 0 Å². The summed E-state index contributed by atoms with van der Waals surface area (Å²) in [7, 11) is 0. The highest BCUT2D eigenvalue weighted by Crippen LogP contribution is 2.07. The fourth-order valence-electron chi connectivity index (χ4n) is 0.488. The molecule has 0 radical (unpaired) electrons. The number of hydrogen-bond donors (Lipinski definition) is 0. The Hall–Kier alpha value is -0.0900. The van der Waals surface area contributed by atoms with E-state index in [1.807, 2.05) is 11.8 Å². The van der Waals surface area contributed by atoms with Crippen molar-refractivity contribution in [1.29, 1.82) is 0 Å². The molecule has 52 valence electrons. The number of thioether (sulfide) groups is 1. The normalized spacial score (nSPS) is 12.6. The van der Waals surface area contributed by atoms with Crippen molar-refractivity contribution in [1.82, 2.24) is 0 Å². The van der Waals surface area contributed by atoms with Crippen LogP contribution in [0.1, 0.15) is 20.3 Å². The summed E-state index contributed by atoms with van der Waals surface area (Å²) in [5, 5.41) is 0. The van der Waals surface area contributed by atoms with Gasteiger partial charge in [-0.15, -0.1) is 12.3 Å². The summed E-state index contributed by atoms with van der Waals surface area (Å²) < 4.78 is 0. The average Bonchev–Trinajstić information content (AvgIpc) is 1.89. The molecule has 0 heterocycles. The summed E-state index contributed by atoms with van der Waals surface area (Å²) in [6, 6.07) is 0. The molecule has 0 aromatic carbocycles. The Morgan fingerprint density at radius 2 is 2.33 bits per heavy atom. The van der Waals surface area contributed by atoms with Crippen molar-refractivity contribution in [3.63, 3.8) is 0 Å². The maximum Gasteiger partial charge on any atom is 0.0179 e. The summed E-state index contributed by atoms with van der Waals surface area (Å²) in [6.07, 6.45) is 6.36. The Morgan fingerprint density at radius 3 is 2.78 bits per heavy atom. The maximum atomic E-state index is 5.20. The van der Waals surface area contributed by atoms with Crippen LogP contribution in [0.2, 0.25) is 0 Å². The number of hydrogen-bond acceptors (Lipinski definition) is 1. The summed E-state index contributed by atoms with van der Waals surface area (Å²) in [4.78, 5) is 0. The van der Waals surface area contributed by atoms with Crippen LogP contribution in [-0.2, 0) is 0 Å². The van der Waals surface area contributed by atoms with E-state index in [0.29, 0.717) is 5.92 Å². The Labute approximate surface area is 62.4 Å². The molecule has 0 rings (SSSR count). The fourth-order valence-corrected chi connectivity index (χ4v) is 1.30. The van der Waals surface area contributed by atoms with E-state index in [2.05, 4.69) is 19.8 Å². The molecule has 0 aromatic heterocycles. The van der Waals surface area contributed by atoms with E-state index in [1.54, 1.807) is 0 Å². The van der Waals surface area contributed by atoms with Gasteiger partial charge in [-0.3, -0.25) is 0 Å². The van der Waals surface area contributed by atoms with Crippen LogP contribution in [0.3, 0.4) is 0 Å². The summed E-state index contributed by atoms with van der Waals surface area (Å²) in [5.74, 6) is 5.59. The fraction of sp³-hybridized carbons (Fsp3) is 0.750. The van der Waals surface area contributed by atoms with Crippen molar-refractivity contribution >= 4 is 11.8 Å². The first kappa shape index (κ1) is 8.91. The van der Waals surface area contributed by atoms with Crippen LogP contribution in [0.5, 0.6) is 0 Å². The molecule has 0 fully saturated rings. The van der Waals surface area contributed by atoms with E-state index < -0.39 is 0 Å². The maximum absolute atomic E-state index is 5.20. The quantitative estimate of drug-likeness (QED) is 0.429. The number of terminal acetylenes is 1. The molecule has 1 unspecified atom stereocenters. The van der Waals surface area contributed by atoms with Crippen LogP contribution < -0.4 is 0 Å². The second-order valence-corrected chi connectivity index (χ2v) is 3.45. The lowest BCUT2D eigenvalue weighted by molar-refractivity contribution is 0.732. The highest BCUT2D eigenvalue weighted by molar-refractivity contribution is 7.99. The van der Waals surface area contributed by atoms with Crippen LogP contribution in [0.25, 0.3) is 0 Å². The Bertz CT molecular complexity index is 91.2. The van der Waals surface area contributed by atoms with Crippen LogP contribution in [0, 0.1) is 18.3 Å². The van der Waals surface area contributed by atoms with Gasteiger partial charge in [0, 0.05) is 5.92 Å². The molecule has 0 spiro atoms. The molecule has 0 aromatic rings. The molecule has 0 N–H and O–H groups in total. The molecule has 0 saturated heterocycles. The molecular formula is C8H14S. The van der Waals surface area contributed by atoms with Gasteiger partial charge in [0.1, 0.15) is 0 Å². The third-order valence-corrected chi connectivity index (χ3v) is 2.12. The van der Waals surface area contributed by atoms with Crippen molar-refractivity contribution in [2.24, 2.45) is 5.92 Å². The molecule has 0 nitrogen and oxygen atoms in total. The zero-order valence-electron chi connectivity index (χ0n) is 6.18. The molecule has 0 amide bonds. The first-order valence-electron chi connectivity index (χ1n) is 3.35. The van der Waals surface area contributed by atoms with Gasteiger partial charge in [-0.2, -0.15) is 11.8 Å². The number of rotatable bonds is 4. The highest BCUT2D eigenvalue weighted by atomic mass is 32.2. The SMILES string of the molecule is C#CC(C)CCSCC. The summed E-state index contributed by atoms with van der Waals surface area (Å²) in [6.45, 7) is 4.27. The lowest BCUT2D eigenvalue weighted by Gasteiger charge is -2.00. The van der Waals surface area contributed by atoms with Gasteiger partial charge in [0.2, 0.25) is 0 Å². The molecule has 1 heteroatoms. The monoisotopic (exact) mass is 142 g/mol. The molecule has 0 aliphatic rings. The molecule has 0 bridgehead atoms. The van der Waals surface area contributed by atoms with Crippen molar-refractivity contribution in [2.45, 2.75) is 20.3 Å². The van der Waals surface area contributed by atoms with Crippen molar-refractivity contribution in [3.05, 3.63) is 0 Å². The first-order valence-corrected chi connectivity index (χ1v) is 4.50. The molecule has 0 aliphatic carbocycles. The molecule has 9 heavy (non-hydrogen) atoms. The predicted molar refractivity (Wildman–Crippen MR) is 45.6 cm³/mol. The minimum atomic E-state index is 0.462. The standard InChI is InChI=1S/C8H14S/c1-4-8(3)6-7-9-5-2/h1,8H,5-7H2,2-3H3. The van der Waals surface area contributed by atoms with E-state index in [9.17, 15) is 0 Å². The lowest BCUT2D eigenvalue weighted by Crippen LogP contribution is -1.91. The van der Waals surface area contributed by atoms with Crippen molar-refractivity contribution in [2.75, 3.05) is 11.5 Å². The first-order chi connectivity index (χ1) is 4.31. The van der Waals surface area contributed by atoms with Gasteiger partial charge in [-0.05, 0) is 17.9 Å². The zero-order valence-corrected chi connectivity index (χ0v) is 7.00. The Kier molecular flexibility index (Phi) is 5.98. The van der Waals surface area contributed by atoms with E-state index in [0.717, 1.165) is 6.42 Å². The van der Waals surface area contributed by atoms with Crippen LogP contribution in [0.15, 0.2) is 0 Å². The van der Waals surface area contributed by atoms with E-state index in [4.69, 9.17) is 6.42 Å². The molecule has 0 saturated carbocycles. The van der Waals surface area contributed by atoms with Gasteiger partial charge in [0.15, 0.2) is 0 Å². The van der Waals surface area contributed by atoms with Gasteiger partial charge in [-0.1, -0.05) is 13.8 Å².